The predicted octanol–water partition coefficient (Wildman–Crippen LogP) is 2.65. The summed E-state index contributed by atoms with van der Waals surface area (Å²) in [4.78, 5) is 22.0. The van der Waals surface area contributed by atoms with Crippen LogP contribution in [0, 0.1) is 15.9 Å². The Balaban J connectivity index is 2.11. The van der Waals surface area contributed by atoms with E-state index in [4.69, 9.17) is 11.6 Å². The van der Waals surface area contributed by atoms with Crippen molar-refractivity contribution in [2.45, 2.75) is 4.90 Å². The van der Waals surface area contributed by atoms with Gasteiger partial charge in [-0.05, 0) is 36.4 Å². The van der Waals surface area contributed by atoms with Gasteiger partial charge >= 0.3 is 0 Å². The third-order valence-corrected chi connectivity index (χ3v) is 5.45. The summed E-state index contributed by atoms with van der Waals surface area (Å²) in [6.45, 7) is -0.546. The molecule has 2 aromatic rings. The number of carbonyl (C=O) groups excluding carboxylic acids is 1. The van der Waals surface area contributed by atoms with Crippen LogP contribution in [-0.2, 0) is 14.8 Å². The van der Waals surface area contributed by atoms with Crippen LogP contribution in [0.4, 0.5) is 15.8 Å². The van der Waals surface area contributed by atoms with E-state index in [2.05, 4.69) is 5.32 Å². The van der Waals surface area contributed by atoms with Crippen LogP contribution in [0.1, 0.15) is 0 Å². The first-order valence-corrected chi connectivity index (χ1v) is 8.89. The standard InChI is InChI=1S/C15H13ClFN3O5S/c1-19(26(24,25)12-5-2-10(17)3-6-12)9-15(21)18-11-4-7-13(16)14(8-11)20(22)23/h2-8H,9H2,1H3,(H,18,21). The lowest BCUT2D eigenvalue weighted by atomic mass is 10.3. The van der Waals surface area contributed by atoms with Crippen LogP contribution < -0.4 is 5.32 Å². The molecule has 0 spiro atoms. The zero-order valence-corrected chi connectivity index (χ0v) is 14.9. The molecule has 0 aromatic heterocycles. The number of nitro groups is 1. The first kappa shape index (κ1) is 19.8. The number of nitrogens with zero attached hydrogens (tertiary/aromatic N) is 2. The molecule has 0 heterocycles. The van der Waals surface area contributed by atoms with Crippen molar-refractivity contribution in [1.29, 1.82) is 0 Å². The molecule has 0 saturated carbocycles. The van der Waals surface area contributed by atoms with E-state index in [9.17, 15) is 27.7 Å². The minimum Gasteiger partial charge on any atom is -0.325 e. The molecule has 138 valence electrons. The largest absolute Gasteiger partial charge is 0.325 e. The molecule has 8 nitrogen and oxygen atoms in total. The molecule has 0 aliphatic carbocycles. The molecule has 1 amide bonds. The fourth-order valence-electron chi connectivity index (χ4n) is 2.00. The number of hydrogen-bond acceptors (Lipinski definition) is 5. The summed E-state index contributed by atoms with van der Waals surface area (Å²) >= 11 is 5.68. The Morgan fingerprint density at radius 2 is 1.88 bits per heavy atom. The Kier molecular flexibility index (Phi) is 5.90. The highest BCUT2D eigenvalue weighted by atomic mass is 35.5. The summed E-state index contributed by atoms with van der Waals surface area (Å²) in [5.74, 6) is -1.30. The van der Waals surface area contributed by atoms with Gasteiger partial charge in [-0.15, -0.1) is 0 Å². The molecule has 2 aromatic carbocycles. The van der Waals surface area contributed by atoms with Gasteiger partial charge < -0.3 is 5.32 Å². The molecule has 26 heavy (non-hydrogen) atoms. The Morgan fingerprint density at radius 1 is 1.27 bits per heavy atom. The molecule has 0 fully saturated rings. The fraction of sp³-hybridized carbons (Fsp3) is 0.133. The number of benzene rings is 2. The topological polar surface area (TPSA) is 110 Å². The third kappa shape index (κ3) is 4.54. The van der Waals surface area contributed by atoms with E-state index < -0.39 is 38.9 Å². The summed E-state index contributed by atoms with van der Waals surface area (Å²) in [5, 5.41) is 13.1. The van der Waals surface area contributed by atoms with Crippen molar-refractivity contribution in [2.24, 2.45) is 0 Å². The highest BCUT2D eigenvalue weighted by Crippen LogP contribution is 2.27. The number of amides is 1. The number of nitrogens with one attached hydrogen (secondary N) is 1. The summed E-state index contributed by atoms with van der Waals surface area (Å²) < 4.78 is 38.4. The summed E-state index contributed by atoms with van der Waals surface area (Å²) in [7, 11) is -2.81. The molecule has 1 N–H and O–H groups in total. The van der Waals surface area contributed by atoms with Crippen LogP contribution in [0.2, 0.25) is 5.02 Å². The van der Waals surface area contributed by atoms with Gasteiger partial charge in [0.2, 0.25) is 15.9 Å². The highest BCUT2D eigenvalue weighted by molar-refractivity contribution is 7.89. The van der Waals surface area contributed by atoms with Crippen molar-refractivity contribution in [3.63, 3.8) is 0 Å². The quantitative estimate of drug-likeness (QED) is 0.591. The maximum absolute atomic E-state index is 12.9. The van der Waals surface area contributed by atoms with Gasteiger partial charge in [0.15, 0.2) is 0 Å². The molecular weight excluding hydrogens is 389 g/mol. The molecule has 2 rings (SSSR count). The maximum atomic E-state index is 12.9. The van der Waals surface area contributed by atoms with Crippen molar-refractivity contribution < 1.29 is 22.5 Å². The number of carbonyl (C=O) groups is 1. The Labute approximate surface area is 153 Å². The minimum atomic E-state index is -3.99. The number of nitro benzene ring substituents is 1. The number of sulfonamides is 1. The van der Waals surface area contributed by atoms with Gasteiger partial charge in [0.05, 0.1) is 16.4 Å². The van der Waals surface area contributed by atoms with E-state index in [1.807, 2.05) is 0 Å². The summed E-state index contributed by atoms with van der Waals surface area (Å²) in [6, 6.07) is 7.81. The van der Waals surface area contributed by atoms with Gasteiger partial charge in [0.25, 0.3) is 5.69 Å². The average Bonchev–Trinajstić information content (AvgIpc) is 2.56. The van der Waals surface area contributed by atoms with Crippen LogP contribution in [0.5, 0.6) is 0 Å². The van der Waals surface area contributed by atoms with Crippen molar-refractivity contribution >= 4 is 38.9 Å². The second-order valence-corrected chi connectivity index (χ2v) is 7.64. The monoisotopic (exact) mass is 401 g/mol. The van der Waals surface area contributed by atoms with Crippen molar-refractivity contribution in [3.8, 4) is 0 Å². The summed E-state index contributed by atoms with van der Waals surface area (Å²) in [5.41, 5.74) is -0.296. The molecule has 0 saturated heterocycles. The second kappa shape index (κ2) is 7.77. The van der Waals surface area contributed by atoms with Crippen molar-refractivity contribution in [3.05, 3.63) is 63.4 Å². The van der Waals surface area contributed by atoms with Crippen LogP contribution in [0.3, 0.4) is 0 Å². The van der Waals surface area contributed by atoms with Gasteiger partial charge in [0, 0.05) is 18.8 Å². The van der Waals surface area contributed by atoms with Gasteiger partial charge in [-0.1, -0.05) is 11.6 Å². The van der Waals surface area contributed by atoms with E-state index in [1.165, 1.54) is 19.2 Å². The maximum Gasteiger partial charge on any atom is 0.289 e. The number of halogens is 2. The molecule has 0 aliphatic rings. The Bertz CT molecular complexity index is 950. The lowest BCUT2D eigenvalue weighted by Gasteiger charge is -2.17. The average molecular weight is 402 g/mol. The smallest absolute Gasteiger partial charge is 0.289 e. The molecular formula is C15H13ClFN3O5S. The number of anilines is 1. The van der Waals surface area contributed by atoms with Crippen LogP contribution in [-0.4, -0.2) is 37.1 Å². The molecule has 0 aliphatic heterocycles. The van der Waals surface area contributed by atoms with Crippen LogP contribution in [0.15, 0.2) is 47.4 Å². The second-order valence-electron chi connectivity index (χ2n) is 5.19. The van der Waals surface area contributed by atoms with Gasteiger partial charge in [-0.2, -0.15) is 4.31 Å². The SMILES string of the molecule is CN(CC(=O)Nc1ccc(Cl)c([N+](=O)[O-])c1)S(=O)(=O)c1ccc(F)cc1. The van der Waals surface area contributed by atoms with Gasteiger partial charge in [-0.25, -0.2) is 12.8 Å². The van der Waals surface area contributed by atoms with Crippen LogP contribution >= 0.6 is 11.6 Å². The molecule has 0 radical (unpaired) electrons. The molecule has 0 bridgehead atoms. The lowest BCUT2D eigenvalue weighted by Crippen LogP contribution is -2.35. The van der Waals surface area contributed by atoms with E-state index in [0.29, 0.717) is 0 Å². The fourth-order valence-corrected chi connectivity index (χ4v) is 3.32. The van der Waals surface area contributed by atoms with Crippen molar-refractivity contribution in [1.82, 2.24) is 4.31 Å². The van der Waals surface area contributed by atoms with E-state index in [0.717, 1.165) is 34.6 Å². The van der Waals surface area contributed by atoms with E-state index in [-0.39, 0.29) is 15.6 Å². The van der Waals surface area contributed by atoms with Gasteiger partial charge in [0.1, 0.15) is 10.8 Å². The summed E-state index contributed by atoms with van der Waals surface area (Å²) in [6.07, 6.45) is 0. The van der Waals surface area contributed by atoms with Crippen LogP contribution in [0.25, 0.3) is 0 Å². The number of rotatable bonds is 6. The highest BCUT2D eigenvalue weighted by Gasteiger charge is 2.23. The Morgan fingerprint density at radius 3 is 2.46 bits per heavy atom. The Hall–Kier alpha value is -2.56. The zero-order chi connectivity index (χ0) is 19.5. The molecule has 0 unspecified atom stereocenters. The van der Waals surface area contributed by atoms with Crippen molar-refractivity contribution in [2.75, 3.05) is 18.9 Å². The normalized spacial score (nSPS) is 11.4. The number of hydrogen-bond donors (Lipinski definition) is 1. The molecule has 11 heteroatoms. The first-order chi connectivity index (χ1) is 12.1. The third-order valence-electron chi connectivity index (χ3n) is 3.31. The van der Waals surface area contributed by atoms with Gasteiger partial charge in [-0.3, -0.25) is 14.9 Å². The molecule has 0 atom stereocenters. The van der Waals surface area contributed by atoms with E-state index >= 15 is 0 Å². The lowest BCUT2D eigenvalue weighted by molar-refractivity contribution is -0.384. The van der Waals surface area contributed by atoms with E-state index in [1.54, 1.807) is 0 Å². The zero-order valence-electron chi connectivity index (χ0n) is 13.3. The predicted molar refractivity (Wildman–Crippen MR) is 93.0 cm³/mol. The minimum absolute atomic E-state index is 0.0935. The first-order valence-electron chi connectivity index (χ1n) is 7.07. The number of likely N-dealkylation sites (N-methyl/N-ethyl adjacent to an activating group) is 1.